The lowest BCUT2D eigenvalue weighted by atomic mass is 9.76. The zero-order chi connectivity index (χ0) is 24.1. The molecule has 4 aromatic rings. The molecule has 34 heavy (non-hydrogen) atoms. The van der Waals surface area contributed by atoms with E-state index in [4.69, 9.17) is 0 Å². The average Bonchev–Trinajstić information content (AvgIpc) is 3.34. The van der Waals surface area contributed by atoms with Crippen molar-refractivity contribution in [3.63, 3.8) is 0 Å². The van der Waals surface area contributed by atoms with Crippen LogP contribution in [0.1, 0.15) is 36.2 Å². The van der Waals surface area contributed by atoms with Crippen molar-refractivity contribution < 1.29 is 23.1 Å². The zero-order valence-corrected chi connectivity index (χ0v) is 19.0. The first-order chi connectivity index (χ1) is 16.2. The fraction of sp³-hybridized carbons (Fsp3) is 0.292. The largest absolute Gasteiger partial charge is 0.479 e. The third kappa shape index (κ3) is 3.85. The normalized spacial score (nSPS) is 15.4. The van der Waals surface area contributed by atoms with Gasteiger partial charge in [0.25, 0.3) is 0 Å². The van der Waals surface area contributed by atoms with E-state index in [1.54, 1.807) is 11.8 Å². The van der Waals surface area contributed by atoms with Crippen LogP contribution in [0, 0.1) is 6.92 Å². The Labute approximate surface area is 197 Å². The molecule has 1 saturated carbocycles. The molecule has 0 spiro atoms. The standard InChI is InChI=1S/C24H21F3N4O2S/c1-15-20(29-31(28-15)18-5-3-17(4-6-18)24(25,26)27)14-34-19-7-8-21-16(13-19)9-12-30(21)23(22(32)33)10-2-11-23/h3-9,12-13H,2,10-11,14H2,1H3,(H,32,33). The highest BCUT2D eigenvalue weighted by Crippen LogP contribution is 2.42. The molecule has 1 fully saturated rings. The highest BCUT2D eigenvalue weighted by molar-refractivity contribution is 7.98. The van der Waals surface area contributed by atoms with E-state index in [9.17, 15) is 23.1 Å². The summed E-state index contributed by atoms with van der Waals surface area (Å²) in [7, 11) is 0. The highest BCUT2D eigenvalue weighted by atomic mass is 32.2. The molecule has 2 aromatic heterocycles. The van der Waals surface area contributed by atoms with Gasteiger partial charge in [-0.3, -0.25) is 0 Å². The second kappa shape index (κ2) is 8.19. The molecule has 0 saturated heterocycles. The Morgan fingerprint density at radius 1 is 1.12 bits per heavy atom. The predicted octanol–water partition coefficient (Wildman–Crippen LogP) is 5.81. The number of benzene rings is 2. The number of carboxylic acid groups (broad SMARTS) is 1. The summed E-state index contributed by atoms with van der Waals surface area (Å²) in [6.07, 6.45) is -0.354. The molecular weight excluding hydrogens is 465 g/mol. The monoisotopic (exact) mass is 486 g/mol. The number of alkyl halides is 3. The van der Waals surface area contributed by atoms with Gasteiger partial charge in [0.1, 0.15) is 5.54 Å². The van der Waals surface area contributed by atoms with Gasteiger partial charge in [0, 0.05) is 27.7 Å². The first-order valence-corrected chi connectivity index (χ1v) is 11.7. The second-order valence-electron chi connectivity index (χ2n) is 8.45. The molecule has 6 nitrogen and oxygen atoms in total. The van der Waals surface area contributed by atoms with Crippen LogP contribution in [0.4, 0.5) is 13.2 Å². The summed E-state index contributed by atoms with van der Waals surface area (Å²) in [5.41, 5.74) is 1.24. The fourth-order valence-corrected chi connectivity index (χ4v) is 5.19. The van der Waals surface area contributed by atoms with Crippen LogP contribution in [0.15, 0.2) is 59.6 Å². The first kappa shape index (κ1) is 22.5. The molecule has 1 aliphatic rings. The average molecular weight is 487 g/mol. The van der Waals surface area contributed by atoms with Crippen LogP contribution in [-0.2, 0) is 22.3 Å². The molecule has 1 N–H and O–H groups in total. The topological polar surface area (TPSA) is 72.9 Å². The Kier molecular flexibility index (Phi) is 5.43. The third-order valence-corrected chi connectivity index (χ3v) is 7.39. The smallest absolute Gasteiger partial charge is 0.416 e. The van der Waals surface area contributed by atoms with Gasteiger partial charge in [-0.25, -0.2) is 4.79 Å². The molecule has 0 atom stereocenters. The highest BCUT2D eigenvalue weighted by Gasteiger charge is 2.46. The zero-order valence-electron chi connectivity index (χ0n) is 18.2. The van der Waals surface area contributed by atoms with Crippen molar-refractivity contribution in [2.75, 3.05) is 0 Å². The van der Waals surface area contributed by atoms with Crippen LogP contribution in [0.5, 0.6) is 0 Å². The summed E-state index contributed by atoms with van der Waals surface area (Å²) < 4.78 is 40.3. The van der Waals surface area contributed by atoms with Crippen LogP contribution in [0.3, 0.4) is 0 Å². The summed E-state index contributed by atoms with van der Waals surface area (Å²) in [5, 5.41) is 19.5. The predicted molar refractivity (Wildman–Crippen MR) is 122 cm³/mol. The molecule has 5 rings (SSSR count). The number of carboxylic acids is 1. The van der Waals surface area contributed by atoms with E-state index in [1.165, 1.54) is 16.9 Å². The molecule has 176 valence electrons. The maximum Gasteiger partial charge on any atom is 0.416 e. The number of carbonyl (C=O) groups is 1. The minimum Gasteiger partial charge on any atom is -0.479 e. The van der Waals surface area contributed by atoms with Crippen molar-refractivity contribution in [1.29, 1.82) is 0 Å². The Bertz CT molecular complexity index is 1370. The van der Waals surface area contributed by atoms with Gasteiger partial charge in [-0.2, -0.15) is 28.2 Å². The van der Waals surface area contributed by atoms with Crippen molar-refractivity contribution in [3.05, 3.63) is 71.7 Å². The Balaban J connectivity index is 1.32. The number of aryl methyl sites for hydroxylation is 1. The molecule has 0 bridgehead atoms. The number of aliphatic carboxylic acids is 1. The van der Waals surface area contributed by atoms with Gasteiger partial charge in [0.2, 0.25) is 0 Å². The van der Waals surface area contributed by atoms with E-state index in [0.717, 1.165) is 40.0 Å². The van der Waals surface area contributed by atoms with Crippen molar-refractivity contribution in [1.82, 2.24) is 19.6 Å². The van der Waals surface area contributed by atoms with Gasteiger partial charge in [-0.05, 0) is 74.7 Å². The molecule has 0 amide bonds. The lowest BCUT2D eigenvalue weighted by Gasteiger charge is -2.39. The van der Waals surface area contributed by atoms with E-state index < -0.39 is 23.2 Å². The molecule has 10 heteroatoms. The van der Waals surface area contributed by atoms with Gasteiger partial charge in [0.05, 0.1) is 22.6 Å². The van der Waals surface area contributed by atoms with Crippen molar-refractivity contribution in [3.8, 4) is 5.69 Å². The first-order valence-electron chi connectivity index (χ1n) is 10.8. The van der Waals surface area contributed by atoms with E-state index in [1.807, 2.05) is 42.0 Å². The van der Waals surface area contributed by atoms with E-state index in [-0.39, 0.29) is 0 Å². The van der Waals surface area contributed by atoms with Crippen LogP contribution < -0.4 is 0 Å². The van der Waals surface area contributed by atoms with Crippen molar-refractivity contribution >= 4 is 28.6 Å². The molecule has 1 aliphatic carbocycles. The number of thioether (sulfide) groups is 1. The van der Waals surface area contributed by atoms with E-state index in [0.29, 0.717) is 30.0 Å². The number of halogens is 3. The summed E-state index contributed by atoms with van der Waals surface area (Å²) >= 11 is 1.57. The summed E-state index contributed by atoms with van der Waals surface area (Å²) in [4.78, 5) is 14.2. The van der Waals surface area contributed by atoms with Gasteiger partial charge in [0.15, 0.2) is 0 Å². The van der Waals surface area contributed by atoms with Crippen LogP contribution in [0.25, 0.3) is 16.6 Å². The van der Waals surface area contributed by atoms with Crippen LogP contribution in [-0.4, -0.2) is 30.6 Å². The van der Waals surface area contributed by atoms with Crippen LogP contribution in [0.2, 0.25) is 0 Å². The van der Waals surface area contributed by atoms with Gasteiger partial charge < -0.3 is 9.67 Å². The van der Waals surface area contributed by atoms with Crippen molar-refractivity contribution in [2.24, 2.45) is 0 Å². The SMILES string of the molecule is Cc1nn(-c2ccc(C(F)(F)F)cc2)nc1CSc1ccc2c(ccn2C2(C(=O)O)CCC2)c1. The maximum atomic E-state index is 12.8. The van der Waals surface area contributed by atoms with Gasteiger partial charge >= 0.3 is 12.1 Å². The summed E-state index contributed by atoms with van der Waals surface area (Å²) in [6.45, 7) is 1.82. The third-order valence-electron chi connectivity index (χ3n) is 6.38. The van der Waals surface area contributed by atoms with Gasteiger partial charge in [-0.1, -0.05) is 0 Å². The molecule has 0 aliphatic heterocycles. The quantitative estimate of drug-likeness (QED) is 0.349. The summed E-state index contributed by atoms with van der Waals surface area (Å²) in [5.74, 6) is -0.251. The number of aromatic nitrogens is 4. The number of rotatable bonds is 6. The molecular formula is C24H21F3N4O2S. The molecule has 2 heterocycles. The Hall–Kier alpha value is -3.27. The number of hydrogen-bond donors (Lipinski definition) is 1. The lowest BCUT2D eigenvalue weighted by molar-refractivity contribution is -0.152. The van der Waals surface area contributed by atoms with E-state index >= 15 is 0 Å². The molecule has 2 aromatic carbocycles. The lowest BCUT2D eigenvalue weighted by Crippen LogP contribution is -2.47. The molecule has 0 unspecified atom stereocenters. The van der Waals surface area contributed by atoms with Gasteiger partial charge in [-0.15, -0.1) is 11.8 Å². The summed E-state index contributed by atoms with van der Waals surface area (Å²) in [6, 6.07) is 12.6. The van der Waals surface area contributed by atoms with Crippen LogP contribution >= 0.6 is 11.8 Å². The molecule has 0 radical (unpaired) electrons. The second-order valence-corrected chi connectivity index (χ2v) is 9.50. The van der Waals surface area contributed by atoms with E-state index in [2.05, 4.69) is 10.2 Å². The number of nitrogens with zero attached hydrogens (tertiary/aromatic N) is 4. The number of fused-ring (bicyclic) bond motifs is 1. The minimum atomic E-state index is -4.39. The Morgan fingerprint density at radius 3 is 2.47 bits per heavy atom. The minimum absolute atomic E-state index is 0.457. The fourth-order valence-electron chi connectivity index (χ4n) is 4.25. The van der Waals surface area contributed by atoms with Crippen molar-refractivity contribution in [2.45, 2.75) is 48.5 Å². The number of hydrogen-bond acceptors (Lipinski definition) is 4. The maximum absolute atomic E-state index is 12.8. The Morgan fingerprint density at radius 2 is 1.85 bits per heavy atom.